The van der Waals surface area contributed by atoms with Crippen LogP contribution in [0, 0.1) is 0 Å². The molecule has 1 aliphatic heterocycles. The number of ether oxygens (including phenoxy) is 1. The minimum Gasteiger partial charge on any atom is -0.379 e. The molecule has 1 aromatic heterocycles. The van der Waals surface area contributed by atoms with Crippen molar-refractivity contribution >= 4 is 11.7 Å². The van der Waals surface area contributed by atoms with Crippen molar-refractivity contribution < 1.29 is 9.53 Å². The molecule has 1 aromatic rings. The van der Waals surface area contributed by atoms with Crippen molar-refractivity contribution in [3.05, 3.63) is 18.1 Å². The lowest BCUT2D eigenvalue weighted by Crippen LogP contribution is -2.41. The highest BCUT2D eigenvalue weighted by molar-refractivity contribution is 5.92. The van der Waals surface area contributed by atoms with Crippen molar-refractivity contribution in [2.45, 2.75) is 26.3 Å². The van der Waals surface area contributed by atoms with Crippen LogP contribution in [0.3, 0.4) is 0 Å². The molecular weight excluding hydrogens is 282 g/mol. The topological polar surface area (TPSA) is 79.4 Å². The molecule has 0 radical (unpaired) electrons. The first kappa shape index (κ1) is 16.6. The average Bonchev–Trinajstić information content (AvgIpc) is 2.47. The summed E-state index contributed by atoms with van der Waals surface area (Å²) in [4.78, 5) is 22.6. The lowest BCUT2D eigenvalue weighted by molar-refractivity contribution is 0.0383. The summed E-state index contributed by atoms with van der Waals surface area (Å²) < 4.78 is 5.30. The number of nitrogens with one attached hydrogen (secondary N) is 2. The number of aromatic nitrogens is 2. The van der Waals surface area contributed by atoms with E-state index in [4.69, 9.17) is 4.74 Å². The van der Waals surface area contributed by atoms with E-state index >= 15 is 0 Å². The summed E-state index contributed by atoms with van der Waals surface area (Å²) in [6, 6.07) is 1.68. The zero-order valence-electron chi connectivity index (χ0n) is 13.6. The number of rotatable bonds is 5. The van der Waals surface area contributed by atoms with Gasteiger partial charge in [-0.3, -0.25) is 9.69 Å². The fourth-order valence-electron chi connectivity index (χ4n) is 2.18. The first-order valence-corrected chi connectivity index (χ1v) is 7.62. The molecule has 0 aromatic carbocycles. The summed E-state index contributed by atoms with van der Waals surface area (Å²) in [5, 5.41) is 6.13. The Kier molecular flexibility index (Phi) is 5.68. The first-order chi connectivity index (χ1) is 10.4. The maximum absolute atomic E-state index is 12.1. The second-order valence-corrected chi connectivity index (χ2v) is 6.37. The number of hydrogen-bond acceptors (Lipinski definition) is 6. The summed E-state index contributed by atoms with van der Waals surface area (Å²) in [6.45, 7) is 10.9. The molecule has 1 aliphatic rings. The third-order valence-corrected chi connectivity index (χ3v) is 3.22. The summed E-state index contributed by atoms with van der Waals surface area (Å²) in [7, 11) is 0. The van der Waals surface area contributed by atoms with Gasteiger partial charge in [0.1, 0.15) is 17.8 Å². The van der Waals surface area contributed by atoms with E-state index in [0.29, 0.717) is 18.1 Å². The molecule has 0 saturated carbocycles. The monoisotopic (exact) mass is 307 g/mol. The summed E-state index contributed by atoms with van der Waals surface area (Å²) in [6.07, 6.45) is 1.41. The van der Waals surface area contributed by atoms with E-state index in [2.05, 4.69) is 25.5 Å². The van der Waals surface area contributed by atoms with E-state index in [0.717, 1.165) is 32.8 Å². The highest BCUT2D eigenvalue weighted by Crippen LogP contribution is 2.11. The molecule has 0 bridgehead atoms. The average molecular weight is 307 g/mol. The van der Waals surface area contributed by atoms with E-state index in [1.807, 2.05) is 20.8 Å². The zero-order valence-corrected chi connectivity index (χ0v) is 13.6. The van der Waals surface area contributed by atoms with Gasteiger partial charge in [-0.15, -0.1) is 0 Å². The Labute approximate surface area is 131 Å². The van der Waals surface area contributed by atoms with Crippen LogP contribution in [-0.4, -0.2) is 65.7 Å². The molecule has 7 heteroatoms. The number of hydrogen-bond donors (Lipinski definition) is 2. The zero-order chi connectivity index (χ0) is 16.0. The number of amides is 1. The van der Waals surface area contributed by atoms with Gasteiger partial charge in [-0.2, -0.15) is 0 Å². The Hall–Kier alpha value is -1.73. The largest absolute Gasteiger partial charge is 0.379 e. The Balaban J connectivity index is 1.82. The third-order valence-electron chi connectivity index (χ3n) is 3.22. The first-order valence-electron chi connectivity index (χ1n) is 7.62. The molecule has 0 atom stereocenters. The van der Waals surface area contributed by atoms with Crippen LogP contribution in [0.15, 0.2) is 12.4 Å². The van der Waals surface area contributed by atoms with Crippen molar-refractivity contribution in [1.82, 2.24) is 20.2 Å². The Morgan fingerprint density at radius 3 is 2.73 bits per heavy atom. The molecule has 2 heterocycles. The van der Waals surface area contributed by atoms with Crippen LogP contribution in [0.5, 0.6) is 0 Å². The number of morpholine rings is 1. The van der Waals surface area contributed by atoms with Gasteiger partial charge in [0.25, 0.3) is 5.91 Å². The van der Waals surface area contributed by atoms with Gasteiger partial charge in [-0.05, 0) is 20.8 Å². The fraction of sp³-hybridized carbons (Fsp3) is 0.667. The van der Waals surface area contributed by atoms with Gasteiger partial charge in [0.2, 0.25) is 0 Å². The van der Waals surface area contributed by atoms with Crippen LogP contribution in [0.1, 0.15) is 31.3 Å². The lowest BCUT2D eigenvalue weighted by Gasteiger charge is -2.26. The van der Waals surface area contributed by atoms with Gasteiger partial charge in [-0.1, -0.05) is 0 Å². The highest BCUT2D eigenvalue weighted by atomic mass is 16.5. The molecular formula is C15H25N5O2. The third kappa shape index (κ3) is 5.57. The van der Waals surface area contributed by atoms with Crippen LogP contribution in [0.25, 0.3) is 0 Å². The Bertz CT molecular complexity index is 495. The van der Waals surface area contributed by atoms with Crippen molar-refractivity contribution in [3.8, 4) is 0 Å². The van der Waals surface area contributed by atoms with E-state index in [-0.39, 0.29) is 11.4 Å². The van der Waals surface area contributed by atoms with E-state index in [1.54, 1.807) is 6.07 Å². The Morgan fingerprint density at radius 1 is 1.32 bits per heavy atom. The minimum atomic E-state index is -0.174. The van der Waals surface area contributed by atoms with Gasteiger partial charge in [0.15, 0.2) is 0 Å². The number of carbonyl (C=O) groups excluding carboxylic acids is 1. The lowest BCUT2D eigenvalue weighted by atomic mass is 10.1. The van der Waals surface area contributed by atoms with Crippen LogP contribution in [-0.2, 0) is 4.74 Å². The minimum absolute atomic E-state index is 0.113. The molecule has 122 valence electrons. The molecule has 7 nitrogen and oxygen atoms in total. The second-order valence-electron chi connectivity index (χ2n) is 6.37. The molecule has 1 fully saturated rings. The van der Waals surface area contributed by atoms with Crippen molar-refractivity contribution in [2.75, 3.05) is 44.7 Å². The standard InChI is InChI=1S/C15H25N5O2/c1-15(2,3)19-13-10-12(17-11-18-13)14(21)16-4-5-20-6-8-22-9-7-20/h10-11H,4-9H2,1-3H3,(H,16,21)(H,17,18,19). The van der Waals surface area contributed by atoms with Crippen molar-refractivity contribution in [1.29, 1.82) is 0 Å². The smallest absolute Gasteiger partial charge is 0.270 e. The maximum atomic E-state index is 12.1. The van der Waals surface area contributed by atoms with E-state index in [1.165, 1.54) is 6.33 Å². The van der Waals surface area contributed by atoms with Gasteiger partial charge in [0.05, 0.1) is 13.2 Å². The quantitative estimate of drug-likeness (QED) is 0.836. The predicted octanol–water partition coefficient (Wildman–Crippen LogP) is 0.749. The van der Waals surface area contributed by atoms with Gasteiger partial charge >= 0.3 is 0 Å². The summed E-state index contributed by atoms with van der Waals surface area (Å²) in [5.74, 6) is 0.480. The van der Waals surface area contributed by atoms with Gasteiger partial charge in [0, 0.05) is 37.8 Å². The van der Waals surface area contributed by atoms with E-state index in [9.17, 15) is 4.79 Å². The second kappa shape index (κ2) is 7.51. The SMILES string of the molecule is CC(C)(C)Nc1cc(C(=O)NCCN2CCOCC2)ncn1. The normalized spacial score (nSPS) is 16.3. The highest BCUT2D eigenvalue weighted by Gasteiger charge is 2.14. The fourth-order valence-corrected chi connectivity index (χ4v) is 2.18. The van der Waals surface area contributed by atoms with Crippen LogP contribution < -0.4 is 10.6 Å². The predicted molar refractivity (Wildman–Crippen MR) is 85.0 cm³/mol. The van der Waals surface area contributed by atoms with E-state index < -0.39 is 0 Å². The summed E-state index contributed by atoms with van der Waals surface area (Å²) >= 11 is 0. The van der Waals surface area contributed by atoms with Gasteiger partial charge in [-0.25, -0.2) is 9.97 Å². The van der Waals surface area contributed by atoms with Gasteiger partial charge < -0.3 is 15.4 Å². The Morgan fingerprint density at radius 2 is 2.05 bits per heavy atom. The van der Waals surface area contributed by atoms with Crippen molar-refractivity contribution in [3.63, 3.8) is 0 Å². The number of nitrogens with zero attached hydrogens (tertiary/aromatic N) is 3. The molecule has 1 amide bonds. The molecule has 2 rings (SSSR count). The van der Waals surface area contributed by atoms with Crippen LogP contribution >= 0.6 is 0 Å². The maximum Gasteiger partial charge on any atom is 0.270 e. The number of anilines is 1. The molecule has 22 heavy (non-hydrogen) atoms. The van der Waals surface area contributed by atoms with Crippen LogP contribution in [0.4, 0.5) is 5.82 Å². The molecule has 2 N–H and O–H groups in total. The molecule has 1 saturated heterocycles. The summed E-state index contributed by atoms with van der Waals surface area (Å²) in [5.41, 5.74) is 0.266. The van der Waals surface area contributed by atoms with Crippen molar-refractivity contribution in [2.24, 2.45) is 0 Å². The van der Waals surface area contributed by atoms with Crippen LogP contribution in [0.2, 0.25) is 0 Å². The molecule has 0 unspecified atom stereocenters. The molecule has 0 aliphatic carbocycles. The number of carbonyl (C=O) groups is 1. The molecule has 0 spiro atoms.